The highest BCUT2D eigenvalue weighted by atomic mass is 16.3. The predicted molar refractivity (Wildman–Crippen MR) is 48.0 cm³/mol. The van der Waals surface area contributed by atoms with Crippen molar-refractivity contribution in [3.63, 3.8) is 0 Å². The van der Waals surface area contributed by atoms with Gasteiger partial charge in [0.2, 0.25) is 0 Å². The van der Waals surface area contributed by atoms with Gasteiger partial charge in [-0.15, -0.1) is 0 Å². The van der Waals surface area contributed by atoms with Crippen molar-refractivity contribution in [1.82, 2.24) is 9.88 Å². The molecule has 1 saturated carbocycles. The van der Waals surface area contributed by atoms with Gasteiger partial charge >= 0.3 is 0 Å². The molecule has 1 aromatic rings. The van der Waals surface area contributed by atoms with E-state index in [1.807, 2.05) is 0 Å². The van der Waals surface area contributed by atoms with Crippen LogP contribution in [0.4, 0.5) is 0 Å². The van der Waals surface area contributed by atoms with Crippen LogP contribution in [-0.4, -0.2) is 22.5 Å². The first-order chi connectivity index (χ1) is 6.42. The van der Waals surface area contributed by atoms with Crippen molar-refractivity contribution in [3.05, 3.63) is 18.4 Å². The molecule has 2 heterocycles. The molecule has 1 saturated heterocycles. The Balaban J connectivity index is 1.68. The van der Waals surface area contributed by atoms with Crippen LogP contribution >= 0.6 is 0 Å². The summed E-state index contributed by atoms with van der Waals surface area (Å²) in [6, 6.07) is 0.835. The van der Waals surface area contributed by atoms with Crippen LogP contribution < -0.4 is 0 Å². The summed E-state index contributed by atoms with van der Waals surface area (Å²) in [6.45, 7) is 2.26. The Labute approximate surface area is 77.7 Å². The summed E-state index contributed by atoms with van der Waals surface area (Å²) < 4.78 is 4.97. The number of oxazole rings is 1. The first-order valence-electron chi connectivity index (χ1n) is 5.03. The number of rotatable bonds is 2. The Hall–Kier alpha value is -0.830. The van der Waals surface area contributed by atoms with E-state index >= 15 is 0 Å². The van der Waals surface area contributed by atoms with Crippen LogP contribution in [0.2, 0.25) is 0 Å². The Morgan fingerprint density at radius 2 is 2.54 bits per heavy atom. The van der Waals surface area contributed by atoms with Crippen molar-refractivity contribution in [2.45, 2.75) is 31.8 Å². The van der Waals surface area contributed by atoms with Crippen LogP contribution in [0.1, 0.15) is 25.0 Å². The minimum Gasteiger partial charge on any atom is -0.451 e. The summed E-state index contributed by atoms with van der Waals surface area (Å²) in [5, 5.41) is 0. The molecule has 2 unspecified atom stereocenters. The molecule has 1 aliphatic heterocycles. The van der Waals surface area contributed by atoms with E-state index in [4.69, 9.17) is 4.42 Å². The van der Waals surface area contributed by atoms with Gasteiger partial charge in [-0.3, -0.25) is 4.90 Å². The molecule has 2 atom stereocenters. The van der Waals surface area contributed by atoms with Gasteiger partial charge in [-0.25, -0.2) is 4.98 Å². The average molecular weight is 178 g/mol. The van der Waals surface area contributed by atoms with E-state index in [9.17, 15) is 0 Å². The van der Waals surface area contributed by atoms with E-state index in [1.165, 1.54) is 32.2 Å². The lowest BCUT2D eigenvalue weighted by molar-refractivity contribution is 0.203. The molecule has 1 aromatic heterocycles. The average Bonchev–Trinajstić information content (AvgIpc) is 2.77. The van der Waals surface area contributed by atoms with E-state index < -0.39 is 0 Å². The Kier molecular flexibility index (Phi) is 1.65. The normalized spacial score (nSPS) is 32.9. The molecule has 3 nitrogen and oxygen atoms in total. The molecule has 0 N–H and O–H groups in total. The molecule has 3 rings (SSSR count). The molecule has 70 valence electrons. The largest absolute Gasteiger partial charge is 0.451 e. The van der Waals surface area contributed by atoms with Crippen molar-refractivity contribution in [2.24, 2.45) is 5.92 Å². The number of fused-ring (bicyclic) bond motifs is 2. The van der Waals surface area contributed by atoms with Gasteiger partial charge in [-0.1, -0.05) is 0 Å². The molecule has 2 aliphatic rings. The fourth-order valence-electron chi connectivity index (χ4n) is 2.74. The minimum atomic E-state index is 0.835. The maximum absolute atomic E-state index is 4.97. The summed E-state index contributed by atoms with van der Waals surface area (Å²) in [4.78, 5) is 6.70. The van der Waals surface area contributed by atoms with Crippen LogP contribution in [0.5, 0.6) is 0 Å². The molecule has 3 heteroatoms. The Morgan fingerprint density at radius 1 is 1.54 bits per heavy atom. The molecule has 1 aliphatic carbocycles. The van der Waals surface area contributed by atoms with Crippen molar-refractivity contribution < 1.29 is 4.42 Å². The maximum Gasteiger partial charge on any atom is 0.180 e. The van der Waals surface area contributed by atoms with Gasteiger partial charge in [0, 0.05) is 19.1 Å². The standard InChI is InChI=1S/C10H14N2O/c1-2-10-3-8(1)4-12(10)5-9-6-13-7-11-9/h6-8,10H,1-5H2. The Bertz CT molecular complexity index is 283. The van der Waals surface area contributed by atoms with Crippen LogP contribution in [0.3, 0.4) is 0 Å². The molecule has 13 heavy (non-hydrogen) atoms. The van der Waals surface area contributed by atoms with E-state index in [0.717, 1.165) is 24.2 Å². The summed E-state index contributed by atoms with van der Waals surface area (Å²) in [5.41, 5.74) is 1.08. The van der Waals surface area contributed by atoms with Crippen LogP contribution in [-0.2, 0) is 6.54 Å². The van der Waals surface area contributed by atoms with E-state index in [0.29, 0.717) is 0 Å². The van der Waals surface area contributed by atoms with Crippen LogP contribution in [0.25, 0.3) is 0 Å². The molecule has 0 radical (unpaired) electrons. The van der Waals surface area contributed by atoms with Crippen molar-refractivity contribution in [2.75, 3.05) is 6.54 Å². The molecular weight excluding hydrogens is 164 g/mol. The lowest BCUT2D eigenvalue weighted by Gasteiger charge is -2.25. The SMILES string of the molecule is c1nc(CN2CC3CCC2C3)co1. The minimum absolute atomic E-state index is 0.835. The molecular formula is C10H14N2O. The van der Waals surface area contributed by atoms with Gasteiger partial charge < -0.3 is 4.42 Å². The Morgan fingerprint density at radius 3 is 3.15 bits per heavy atom. The highest BCUT2D eigenvalue weighted by Crippen LogP contribution is 2.37. The summed E-state index contributed by atoms with van der Waals surface area (Å²) in [7, 11) is 0. The lowest BCUT2D eigenvalue weighted by Crippen LogP contribution is -2.31. The monoisotopic (exact) mass is 178 g/mol. The topological polar surface area (TPSA) is 29.3 Å². The molecule has 0 amide bonds. The first kappa shape index (κ1) is 7.56. The maximum atomic E-state index is 4.97. The van der Waals surface area contributed by atoms with Crippen LogP contribution in [0, 0.1) is 5.92 Å². The number of likely N-dealkylation sites (tertiary alicyclic amines) is 1. The zero-order chi connectivity index (χ0) is 8.67. The summed E-state index contributed by atoms with van der Waals surface area (Å²) in [5.74, 6) is 0.969. The van der Waals surface area contributed by atoms with Gasteiger partial charge in [0.25, 0.3) is 0 Å². The summed E-state index contributed by atoms with van der Waals surface area (Å²) in [6.07, 6.45) is 7.52. The van der Waals surface area contributed by atoms with Gasteiger partial charge in [0.1, 0.15) is 6.26 Å². The number of nitrogens with zero attached hydrogens (tertiary/aromatic N) is 2. The first-order valence-corrected chi connectivity index (χ1v) is 5.03. The van der Waals surface area contributed by atoms with Gasteiger partial charge in [-0.2, -0.15) is 0 Å². The van der Waals surface area contributed by atoms with Crippen LogP contribution in [0.15, 0.2) is 17.1 Å². The van der Waals surface area contributed by atoms with Crippen molar-refractivity contribution in [1.29, 1.82) is 0 Å². The quantitative estimate of drug-likeness (QED) is 0.689. The van der Waals surface area contributed by atoms with Crippen molar-refractivity contribution >= 4 is 0 Å². The van der Waals surface area contributed by atoms with E-state index in [2.05, 4.69) is 9.88 Å². The second kappa shape index (κ2) is 2.84. The molecule has 2 bridgehead atoms. The van der Waals surface area contributed by atoms with E-state index in [1.54, 1.807) is 6.26 Å². The zero-order valence-corrected chi connectivity index (χ0v) is 7.65. The zero-order valence-electron chi connectivity index (χ0n) is 7.65. The number of aromatic nitrogens is 1. The third-order valence-electron chi connectivity index (χ3n) is 3.37. The number of hydrogen-bond donors (Lipinski definition) is 0. The smallest absolute Gasteiger partial charge is 0.180 e. The van der Waals surface area contributed by atoms with Gasteiger partial charge in [0.15, 0.2) is 6.39 Å². The van der Waals surface area contributed by atoms with Gasteiger partial charge in [-0.05, 0) is 25.2 Å². The fraction of sp³-hybridized carbons (Fsp3) is 0.700. The molecule has 0 aromatic carbocycles. The number of hydrogen-bond acceptors (Lipinski definition) is 3. The van der Waals surface area contributed by atoms with E-state index in [-0.39, 0.29) is 0 Å². The predicted octanol–water partition coefficient (Wildman–Crippen LogP) is 1.66. The number of piperidine rings is 1. The third kappa shape index (κ3) is 1.27. The third-order valence-corrected chi connectivity index (χ3v) is 3.37. The fourth-order valence-corrected chi connectivity index (χ4v) is 2.74. The molecule has 0 spiro atoms. The second-order valence-corrected chi connectivity index (χ2v) is 4.24. The molecule has 2 fully saturated rings. The van der Waals surface area contributed by atoms with Gasteiger partial charge in [0.05, 0.1) is 5.69 Å². The summed E-state index contributed by atoms with van der Waals surface area (Å²) >= 11 is 0. The van der Waals surface area contributed by atoms with Crippen molar-refractivity contribution in [3.8, 4) is 0 Å². The highest BCUT2D eigenvalue weighted by molar-refractivity contribution is 4.97. The second-order valence-electron chi connectivity index (χ2n) is 4.24. The lowest BCUT2D eigenvalue weighted by atomic mass is 10.1. The highest BCUT2D eigenvalue weighted by Gasteiger charge is 2.37.